The molecule has 1 fully saturated rings. The summed E-state index contributed by atoms with van der Waals surface area (Å²) >= 11 is 0. The van der Waals surface area contributed by atoms with Crippen molar-refractivity contribution in [3.05, 3.63) is 65.0 Å². The van der Waals surface area contributed by atoms with Crippen LogP contribution in [0.2, 0.25) is 0 Å². The lowest BCUT2D eigenvalue weighted by atomic mass is 9.97. The third-order valence-corrected chi connectivity index (χ3v) is 5.63. The van der Waals surface area contributed by atoms with Crippen LogP contribution in [0.25, 0.3) is 0 Å². The number of anilines is 1. The van der Waals surface area contributed by atoms with Gasteiger partial charge in [0.15, 0.2) is 0 Å². The van der Waals surface area contributed by atoms with Crippen LogP contribution >= 0.6 is 0 Å². The molecular formula is C22H24FN3O2. The number of hydrogen-bond donors (Lipinski definition) is 1. The molecule has 146 valence electrons. The van der Waals surface area contributed by atoms with Crippen LogP contribution in [-0.2, 0) is 6.54 Å². The van der Waals surface area contributed by atoms with E-state index in [2.05, 4.69) is 17.1 Å². The van der Waals surface area contributed by atoms with E-state index >= 15 is 0 Å². The molecule has 0 aliphatic carbocycles. The Morgan fingerprint density at radius 2 is 2.04 bits per heavy atom. The first-order valence-electron chi connectivity index (χ1n) is 9.83. The van der Waals surface area contributed by atoms with Crippen molar-refractivity contribution in [3.63, 3.8) is 0 Å². The van der Waals surface area contributed by atoms with E-state index in [1.54, 1.807) is 36.4 Å². The van der Waals surface area contributed by atoms with Gasteiger partial charge in [-0.05, 0) is 50.5 Å². The second-order valence-corrected chi connectivity index (χ2v) is 7.27. The molecule has 28 heavy (non-hydrogen) atoms. The van der Waals surface area contributed by atoms with Crippen molar-refractivity contribution in [3.8, 4) is 0 Å². The smallest absolute Gasteiger partial charge is 0.257 e. The minimum absolute atomic E-state index is 0.0442. The number of carbonyl (C=O) groups is 2. The number of benzene rings is 2. The van der Waals surface area contributed by atoms with E-state index in [1.165, 1.54) is 6.07 Å². The average Bonchev–Trinajstić information content (AvgIpc) is 2.73. The molecule has 2 aromatic carbocycles. The highest BCUT2D eigenvalue weighted by Crippen LogP contribution is 2.35. The van der Waals surface area contributed by atoms with Gasteiger partial charge in [-0.2, -0.15) is 0 Å². The van der Waals surface area contributed by atoms with E-state index in [1.807, 2.05) is 4.90 Å². The van der Waals surface area contributed by atoms with Gasteiger partial charge >= 0.3 is 0 Å². The standard InChI is InChI=1S/C22H24FN3O2/c1-2-25-19-13-15(21(27)24-14-16-7-3-4-8-18(16)23)10-11-17(19)22(28)26-12-6-5-9-20(25)26/h3-4,7-8,10-11,13,20H,2,5-6,9,12,14H2,1H3,(H,24,27)/t20-/m1/s1. The SMILES string of the molecule is CCN1c2cc(C(=O)NCc3ccccc3F)ccc2C(=O)N2CCCC[C@@H]21. The Balaban J connectivity index is 1.58. The van der Waals surface area contributed by atoms with Crippen LogP contribution < -0.4 is 10.2 Å². The van der Waals surface area contributed by atoms with Crippen LogP contribution in [0, 0.1) is 5.82 Å². The van der Waals surface area contributed by atoms with Crippen LogP contribution in [-0.4, -0.2) is 36.0 Å². The maximum Gasteiger partial charge on any atom is 0.257 e. The largest absolute Gasteiger partial charge is 0.351 e. The first-order valence-corrected chi connectivity index (χ1v) is 9.83. The van der Waals surface area contributed by atoms with Crippen LogP contribution in [0.3, 0.4) is 0 Å². The molecular weight excluding hydrogens is 357 g/mol. The molecule has 0 bridgehead atoms. The summed E-state index contributed by atoms with van der Waals surface area (Å²) in [6.07, 6.45) is 3.15. The van der Waals surface area contributed by atoms with Gasteiger partial charge in [-0.15, -0.1) is 0 Å². The van der Waals surface area contributed by atoms with E-state index < -0.39 is 0 Å². The highest BCUT2D eigenvalue weighted by molar-refractivity contribution is 6.04. The zero-order valence-corrected chi connectivity index (χ0v) is 16.0. The Hall–Kier alpha value is -2.89. The number of amides is 2. The van der Waals surface area contributed by atoms with Crippen molar-refractivity contribution in [1.82, 2.24) is 10.2 Å². The highest BCUT2D eigenvalue weighted by Gasteiger charge is 2.38. The zero-order chi connectivity index (χ0) is 19.7. The van der Waals surface area contributed by atoms with Gasteiger partial charge < -0.3 is 15.1 Å². The molecule has 0 radical (unpaired) electrons. The minimum atomic E-state index is -0.339. The van der Waals surface area contributed by atoms with Crippen molar-refractivity contribution < 1.29 is 14.0 Å². The fraction of sp³-hybridized carbons (Fsp3) is 0.364. The quantitative estimate of drug-likeness (QED) is 0.881. The number of piperidine rings is 1. The molecule has 4 rings (SSSR count). The predicted octanol–water partition coefficient (Wildman–Crippen LogP) is 3.55. The van der Waals surface area contributed by atoms with Gasteiger partial charge in [0, 0.05) is 30.8 Å². The molecule has 5 nitrogen and oxygen atoms in total. The van der Waals surface area contributed by atoms with Gasteiger partial charge in [-0.1, -0.05) is 18.2 Å². The van der Waals surface area contributed by atoms with Gasteiger partial charge in [0.1, 0.15) is 12.0 Å². The second-order valence-electron chi connectivity index (χ2n) is 7.27. The summed E-state index contributed by atoms with van der Waals surface area (Å²) in [5, 5.41) is 2.77. The van der Waals surface area contributed by atoms with E-state index in [0.29, 0.717) is 16.7 Å². The molecule has 6 heteroatoms. The van der Waals surface area contributed by atoms with Crippen LogP contribution in [0.15, 0.2) is 42.5 Å². The van der Waals surface area contributed by atoms with E-state index in [9.17, 15) is 14.0 Å². The molecule has 2 heterocycles. The Kier molecular flexibility index (Phi) is 5.03. The number of nitrogens with zero attached hydrogens (tertiary/aromatic N) is 2. The lowest BCUT2D eigenvalue weighted by Crippen LogP contribution is -2.57. The summed E-state index contributed by atoms with van der Waals surface area (Å²) in [7, 11) is 0. The van der Waals surface area contributed by atoms with Crippen molar-refractivity contribution >= 4 is 17.5 Å². The Labute approximate surface area is 164 Å². The van der Waals surface area contributed by atoms with Crippen molar-refractivity contribution in [2.24, 2.45) is 0 Å². The van der Waals surface area contributed by atoms with Crippen LogP contribution in [0.5, 0.6) is 0 Å². The molecule has 2 aliphatic rings. The number of carbonyl (C=O) groups excluding carboxylic acids is 2. The fourth-order valence-electron chi connectivity index (χ4n) is 4.18. The second kappa shape index (κ2) is 7.62. The lowest BCUT2D eigenvalue weighted by molar-refractivity contribution is 0.0582. The van der Waals surface area contributed by atoms with Gasteiger partial charge in [0.25, 0.3) is 11.8 Å². The third-order valence-electron chi connectivity index (χ3n) is 5.63. The first-order chi connectivity index (χ1) is 13.6. The summed E-state index contributed by atoms with van der Waals surface area (Å²) in [4.78, 5) is 29.7. The summed E-state index contributed by atoms with van der Waals surface area (Å²) < 4.78 is 13.8. The topological polar surface area (TPSA) is 52.7 Å². The lowest BCUT2D eigenvalue weighted by Gasteiger charge is -2.47. The molecule has 0 spiro atoms. The van der Waals surface area contributed by atoms with E-state index in [4.69, 9.17) is 0 Å². The van der Waals surface area contributed by atoms with Gasteiger partial charge in [-0.25, -0.2) is 4.39 Å². The molecule has 2 aliphatic heterocycles. The maximum absolute atomic E-state index is 13.8. The Bertz CT molecular complexity index is 914. The number of nitrogens with one attached hydrogen (secondary N) is 1. The normalized spacial score (nSPS) is 18.5. The fourth-order valence-corrected chi connectivity index (χ4v) is 4.18. The molecule has 0 saturated carbocycles. The molecule has 2 aromatic rings. The van der Waals surface area contributed by atoms with Gasteiger partial charge in [-0.3, -0.25) is 9.59 Å². The monoisotopic (exact) mass is 381 g/mol. The Morgan fingerprint density at radius 3 is 2.82 bits per heavy atom. The van der Waals surface area contributed by atoms with Crippen LogP contribution in [0.4, 0.5) is 10.1 Å². The summed E-state index contributed by atoms with van der Waals surface area (Å²) in [6, 6.07) is 11.6. The molecule has 0 unspecified atom stereocenters. The zero-order valence-electron chi connectivity index (χ0n) is 16.0. The number of hydrogen-bond acceptors (Lipinski definition) is 3. The van der Waals surface area contributed by atoms with Gasteiger partial charge in [0.05, 0.1) is 11.3 Å². The maximum atomic E-state index is 13.8. The number of fused-ring (bicyclic) bond motifs is 2. The Morgan fingerprint density at radius 1 is 1.21 bits per heavy atom. The van der Waals surface area contributed by atoms with Crippen molar-refractivity contribution in [2.45, 2.75) is 38.9 Å². The van der Waals surface area contributed by atoms with Crippen LogP contribution in [0.1, 0.15) is 52.5 Å². The summed E-state index contributed by atoms with van der Waals surface area (Å²) in [6.45, 7) is 3.73. The predicted molar refractivity (Wildman–Crippen MR) is 106 cm³/mol. The molecule has 0 aromatic heterocycles. The average molecular weight is 381 g/mol. The summed E-state index contributed by atoms with van der Waals surface area (Å²) in [5.74, 6) is -0.572. The minimum Gasteiger partial charge on any atom is -0.351 e. The molecule has 1 N–H and O–H groups in total. The summed E-state index contributed by atoms with van der Waals surface area (Å²) in [5.41, 5.74) is 2.38. The van der Waals surface area contributed by atoms with E-state index in [0.717, 1.165) is 38.0 Å². The first kappa shape index (κ1) is 18.5. The number of rotatable bonds is 4. The number of halogens is 1. The molecule has 1 saturated heterocycles. The van der Waals surface area contributed by atoms with Gasteiger partial charge in [0.2, 0.25) is 0 Å². The third kappa shape index (κ3) is 3.23. The van der Waals surface area contributed by atoms with E-state index in [-0.39, 0.29) is 30.3 Å². The highest BCUT2D eigenvalue weighted by atomic mass is 19.1. The molecule has 2 amide bonds. The van der Waals surface area contributed by atoms with Crippen molar-refractivity contribution in [1.29, 1.82) is 0 Å². The molecule has 1 atom stereocenters. The van der Waals surface area contributed by atoms with Crippen molar-refractivity contribution in [2.75, 3.05) is 18.0 Å².